The minimum Gasteiger partial charge on any atom is -0.481 e. The number of hydrogen-bond acceptors (Lipinski definition) is 7. The number of benzene rings is 1. The van der Waals surface area contributed by atoms with Crippen molar-refractivity contribution in [2.45, 2.75) is 69.8 Å². The van der Waals surface area contributed by atoms with Crippen LogP contribution in [0.4, 0.5) is 26.3 Å². The first-order valence-corrected chi connectivity index (χ1v) is 13.1. The average Bonchev–Trinajstić information content (AvgIpc) is 3.42. The highest BCUT2D eigenvalue weighted by molar-refractivity contribution is 5.71. The summed E-state index contributed by atoms with van der Waals surface area (Å²) in [7, 11) is 0. The van der Waals surface area contributed by atoms with Crippen molar-refractivity contribution in [1.29, 1.82) is 0 Å². The molecule has 224 valence electrons. The molecule has 1 aromatic carbocycles. The number of aromatic nitrogens is 3. The summed E-state index contributed by atoms with van der Waals surface area (Å²) in [6.45, 7) is 1.43. The van der Waals surface area contributed by atoms with Gasteiger partial charge in [-0.2, -0.15) is 23.3 Å². The summed E-state index contributed by atoms with van der Waals surface area (Å²) < 4.78 is 105. The Bertz CT molecular complexity index is 1540. The van der Waals surface area contributed by atoms with Gasteiger partial charge >= 0.3 is 18.4 Å². The molecule has 3 heterocycles. The highest BCUT2D eigenvalue weighted by Gasteiger charge is 2.45. The number of fused-ring (bicyclic) bond motifs is 2. The van der Waals surface area contributed by atoms with Crippen LogP contribution in [0, 0.1) is 11.7 Å². The van der Waals surface area contributed by atoms with Crippen LogP contribution in [0.3, 0.4) is 0 Å². The first-order valence-electron chi connectivity index (χ1n) is 13.1. The largest absolute Gasteiger partial charge is 0.586 e. The molecule has 6 rings (SSSR count). The number of halogens is 6. The van der Waals surface area contributed by atoms with Gasteiger partial charge in [-0.1, -0.05) is 6.07 Å². The molecule has 1 fully saturated rings. The van der Waals surface area contributed by atoms with Crippen LogP contribution in [0.2, 0.25) is 0 Å². The average molecular weight is 599 g/mol. The summed E-state index contributed by atoms with van der Waals surface area (Å²) in [5.74, 6) is -3.40. The van der Waals surface area contributed by atoms with E-state index < -0.39 is 59.9 Å². The number of hydrogen-bond donors (Lipinski definition) is 1. The number of aliphatic carboxylic acids is 1. The molecule has 42 heavy (non-hydrogen) atoms. The molecule has 1 N–H and O–H groups in total. The second kappa shape index (κ2) is 10.1. The van der Waals surface area contributed by atoms with Gasteiger partial charge in [-0.3, -0.25) is 4.79 Å². The third-order valence-corrected chi connectivity index (χ3v) is 7.47. The van der Waals surface area contributed by atoms with E-state index in [0.717, 1.165) is 16.8 Å². The van der Waals surface area contributed by atoms with Crippen LogP contribution < -0.4 is 14.2 Å². The molecular weight excluding hydrogens is 576 g/mol. The molecule has 0 amide bonds. The summed E-state index contributed by atoms with van der Waals surface area (Å²) in [6, 6.07) is 6.03. The molecular formula is C27H23F6N3O6. The summed E-state index contributed by atoms with van der Waals surface area (Å²) in [6.07, 6.45) is -9.51. The number of carboxylic acids is 1. The number of ether oxygens (including phenoxy) is 4. The van der Waals surface area contributed by atoms with Crippen molar-refractivity contribution in [3.8, 4) is 23.2 Å². The van der Waals surface area contributed by atoms with Crippen molar-refractivity contribution in [2.75, 3.05) is 0 Å². The molecule has 1 saturated carbocycles. The van der Waals surface area contributed by atoms with Crippen LogP contribution in [0.5, 0.6) is 17.4 Å². The van der Waals surface area contributed by atoms with Gasteiger partial charge < -0.3 is 24.1 Å². The topological polar surface area (TPSA) is 105 Å². The van der Waals surface area contributed by atoms with Gasteiger partial charge in [-0.05, 0) is 51.2 Å². The lowest BCUT2D eigenvalue weighted by molar-refractivity contribution is -0.286. The zero-order valence-electron chi connectivity index (χ0n) is 21.8. The van der Waals surface area contributed by atoms with Crippen LogP contribution in [0.1, 0.15) is 67.3 Å². The summed E-state index contributed by atoms with van der Waals surface area (Å²) in [5, 5.41) is 13.0. The molecule has 0 saturated heterocycles. The van der Waals surface area contributed by atoms with E-state index >= 15 is 0 Å². The van der Waals surface area contributed by atoms with Crippen molar-refractivity contribution in [1.82, 2.24) is 14.8 Å². The summed E-state index contributed by atoms with van der Waals surface area (Å²) in [5.41, 5.74) is -1.06. The Labute approximate surface area is 234 Å². The van der Waals surface area contributed by atoms with E-state index in [2.05, 4.69) is 19.6 Å². The minimum absolute atomic E-state index is 0.0198. The molecule has 1 aliphatic heterocycles. The van der Waals surface area contributed by atoms with E-state index in [1.807, 2.05) is 0 Å². The van der Waals surface area contributed by atoms with Gasteiger partial charge in [0.2, 0.25) is 5.88 Å². The van der Waals surface area contributed by atoms with E-state index in [1.54, 1.807) is 0 Å². The van der Waals surface area contributed by atoms with Gasteiger partial charge in [0, 0.05) is 23.3 Å². The van der Waals surface area contributed by atoms with E-state index in [0.29, 0.717) is 12.8 Å². The molecule has 2 aromatic heterocycles. The fourth-order valence-corrected chi connectivity index (χ4v) is 5.42. The van der Waals surface area contributed by atoms with Crippen molar-refractivity contribution < 1.29 is 55.2 Å². The SMILES string of the molecule is C[C@H](Oc1cccc(-n2nc(C(F)(F)F)c3c2[C@@H](OC2CC(C(=O)O)C2)CCC3)n1)c1cc2c(cc1F)OC(F)(F)O2. The third kappa shape index (κ3) is 5.21. The minimum atomic E-state index is -4.75. The third-order valence-electron chi connectivity index (χ3n) is 7.47. The second-order valence-electron chi connectivity index (χ2n) is 10.3. The molecule has 0 radical (unpaired) electrons. The van der Waals surface area contributed by atoms with Crippen LogP contribution in [0.15, 0.2) is 30.3 Å². The zero-order valence-corrected chi connectivity index (χ0v) is 21.8. The number of carbonyl (C=O) groups is 1. The standard InChI is InChI=1S/C27H23F6N3O6/c1-12(16-10-19-20(11-17(16)28)42-27(32,33)41-19)39-22-7-3-6-21(34-22)36-23-15(24(35-36)26(29,30)31)4-2-5-18(23)40-14-8-13(9-14)25(37)38/h3,6-7,10-14,18H,2,4-5,8-9H2,1H3,(H,37,38)/t12-,13?,14?,18-/m0/s1. The van der Waals surface area contributed by atoms with Crippen molar-refractivity contribution in [2.24, 2.45) is 5.92 Å². The molecule has 9 nitrogen and oxygen atoms in total. The van der Waals surface area contributed by atoms with Crippen LogP contribution in [-0.4, -0.2) is 38.2 Å². The molecule has 3 aliphatic rings. The monoisotopic (exact) mass is 599 g/mol. The van der Waals surface area contributed by atoms with Gasteiger partial charge in [0.25, 0.3) is 0 Å². The zero-order chi connectivity index (χ0) is 30.0. The second-order valence-corrected chi connectivity index (χ2v) is 10.3. The maximum absolute atomic E-state index is 14.7. The smallest absolute Gasteiger partial charge is 0.481 e. The van der Waals surface area contributed by atoms with Crippen LogP contribution >= 0.6 is 0 Å². The van der Waals surface area contributed by atoms with Crippen molar-refractivity contribution in [3.05, 3.63) is 58.7 Å². The maximum Gasteiger partial charge on any atom is 0.586 e. The predicted octanol–water partition coefficient (Wildman–Crippen LogP) is 6.14. The number of rotatable bonds is 7. The van der Waals surface area contributed by atoms with Crippen LogP contribution in [0.25, 0.3) is 5.82 Å². The van der Waals surface area contributed by atoms with Gasteiger partial charge in [0.05, 0.1) is 17.7 Å². The normalized spacial score (nSPS) is 23.2. The molecule has 0 unspecified atom stereocenters. The molecule has 2 atom stereocenters. The van der Waals surface area contributed by atoms with Crippen molar-refractivity contribution >= 4 is 5.97 Å². The van der Waals surface area contributed by atoms with Gasteiger partial charge in [-0.15, -0.1) is 8.78 Å². The highest BCUT2D eigenvalue weighted by atomic mass is 19.4. The fourth-order valence-electron chi connectivity index (χ4n) is 5.42. The Morgan fingerprint density at radius 2 is 1.90 bits per heavy atom. The Morgan fingerprint density at radius 1 is 1.19 bits per heavy atom. The quantitative estimate of drug-likeness (QED) is 0.323. The maximum atomic E-state index is 14.7. The predicted molar refractivity (Wildman–Crippen MR) is 129 cm³/mol. The molecule has 15 heteroatoms. The van der Waals surface area contributed by atoms with Gasteiger partial charge in [-0.25, -0.2) is 9.07 Å². The Kier molecular flexibility index (Phi) is 6.74. The summed E-state index contributed by atoms with van der Waals surface area (Å²) >= 11 is 0. The lowest BCUT2D eigenvalue weighted by Crippen LogP contribution is -2.37. The van der Waals surface area contributed by atoms with E-state index in [9.17, 15) is 31.1 Å². The lowest BCUT2D eigenvalue weighted by atomic mass is 9.82. The highest BCUT2D eigenvalue weighted by Crippen LogP contribution is 2.45. The first kappa shape index (κ1) is 28.1. The molecule has 3 aromatic rings. The van der Waals surface area contributed by atoms with Gasteiger partial charge in [0.1, 0.15) is 18.0 Å². The number of nitrogens with zero attached hydrogens (tertiary/aromatic N) is 3. The summed E-state index contributed by atoms with van der Waals surface area (Å²) in [4.78, 5) is 15.5. The lowest BCUT2D eigenvalue weighted by Gasteiger charge is -2.36. The van der Waals surface area contributed by atoms with E-state index in [-0.39, 0.29) is 53.5 Å². The Balaban J connectivity index is 1.29. The van der Waals surface area contributed by atoms with Crippen LogP contribution in [-0.2, 0) is 22.1 Å². The number of alkyl halides is 5. The van der Waals surface area contributed by atoms with E-state index in [4.69, 9.17) is 14.6 Å². The molecule has 0 spiro atoms. The Morgan fingerprint density at radius 3 is 2.60 bits per heavy atom. The fraction of sp³-hybridized carbons (Fsp3) is 0.444. The Hall–Kier alpha value is -4.01. The first-order chi connectivity index (χ1) is 19.8. The number of pyridine rings is 1. The van der Waals surface area contributed by atoms with Crippen molar-refractivity contribution in [3.63, 3.8) is 0 Å². The number of carboxylic acid groups (broad SMARTS) is 1. The van der Waals surface area contributed by atoms with E-state index in [1.165, 1.54) is 25.1 Å². The molecule has 2 aliphatic carbocycles. The van der Waals surface area contributed by atoms with Gasteiger partial charge in [0.15, 0.2) is 23.0 Å². The molecule has 0 bridgehead atoms.